The van der Waals surface area contributed by atoms with Gasteiger partial charge >= 0.3 is 0 Å². The van der Waals surface area contributed by atoms with Crippen LogP contribution in [0.4, 0.5) is 5.82 Å². The van der Waals surface area contributed by atoms with Crippen molar-refractivity contribution in [2.75, 3.05) is 11.6 Å². The maximum Gasteiger partial charge on any atom is 0.194 e. The summed E-state index contributed by atoms with van der Waals surface area (Å²) in [6, 6.07) is 6.65. The number of rotatable bonds is 5. The molecule has 0 aliphatic rings. The molecule has 132 valence electrons. The van der Waals surface area contributed by atoms with Crippen molar-refractivity contribution in [1.29, 1.82) is 0 Å². The molecule has 0 aromatic carbocycles. The Morgan fingerprint density at radius 1 is 1.24 bits per heavy atom. The minimum Gasteiger partial charge on any atom is -0.356 e. The molecule has 10 heteroatoms. The van der Waals surface area contributed by atoms with E-state index in [1.54, 1.807) is 25.1 Å². The van der Waals surface area contributed by atoms with Crippen molar-refractivity contribution in [1.82, 2.24) is 15.0 Å². The van der Waals surface area contributed by atoms with E-state index in [1.807, 2.05) is 6.07 Å². The summed E-state index contributed by atoms with van der Waals surface area (Å²) < 4.78 is 24.4. The number of nitrogens with zero attached hydrogens (tertiary/aromatic N) is 2. The Hall–Kier alpha value is -1.61. The Kier molecular flexibility index (Phi) is 5.06. The summed E-state index contributed by atoms with van der Waals surface area (Å²) in [7, 11) is -3.43. The van der Waals surface area contributed by atoms with Crippen LogP contribution < -0.4 is 5.32 Å². The van der Waals surface area contributed by atoms with E-state index < -0.39 is 15.9 Å². The van der Waals surface area contributed by atoms with Gasteiger partial charge in [-0.15, -0.1) is 11.3 Å². The molecule has 0 bridgehead atoms. The third kappa shape index (κ3) is 4.14. The Morgan fingerprint density at radius 3 is 2.52 bits per heavy atom. The average Bonchev–Trinajstić information content (AvgIpc) is 3.12. The smallest absolute Gasteiger partial charge is 0.194 e. The van der Waals surface area contributed by atoms with Crippen molar-refractivity contribution in [3.05, 3.63) is 56.2 Å². The summed E-state index contributed by atoms with van der Waals surface area (Å²) in [5, 5.41) is 3.79. The van der Waals surface area contributed by atoms with Crippen LogP contribution in [-0.4, -0.2) is 29.6 Å². The molecule has 0 radical (unpaired) electrons. The monoisotopic (exact) mass is 416 g/mol. The maximum absolute atomic E-state index is 11.9. The van der Waals surface area contributed by atoms with Gasteiger partial charge in [0.25, 0.3) is 0 Å². The number of hydrogen-bond donors (Lipinski definition) is 2. The van der Waals surface area contributed by atoms with Gasteiger partial charge in [-0.2, -0.15) is 0 Å². The molecule has 6 nitrogen and oxygen atoms in total. The van der Waals surface area contributed by atoms with Crippen molar-refractivity contribution in [2.45, 2.75) is 18.0 Å². The van der Waals surface area contributed by atoms with Gasteiger partial charge in [-0.05, 0) is 31.2 Å². The third-order valence-corrected chi connectivity index (χ3v) is 6.00. The van der Waals surface area contributed by atoms with Crippen LogP contribution in [-0.2, 0) is 9.84 Å². The van der Waals surface area contributed by atoms with Gasteiger partial charge in [-0.3, -0.25) is 0 Å². The highest BCUT2D eigenvalue weighted by atomic mass is 35.5. The summed E-state index contributed by atoms with van der Waals surface area (Å²) in [6.45, 7) is 1.67. The lowest BCUT2D eigenvalue weighted by Gasteiger charge is -2.16. The van der Waals surface area contributed by atoms with Crippen molar-refractivity contribution >= 4 is 50.2 Å². The molecule has 1 atom stereocenters. The summed E-state index contributed by atoms with van der Waals surface area (Å²) in [6.07, 6.45) is 2.66. The van der Waals surface area contributed by atoms with Gasteiger partial charge < -0.3 is 10.3 Å². The summed E-state index contributed by atoms with van der Waals surface area (Å²) >= 11 is 13.3. The molecule has 0 fully saturated rings. The number of halogens is 2. The SMILES string of the molecule is Cc1[nH]c(C(Nc2ccc(Cl)cn2)c2ccc(Cl)s2)nc1S(C)(=O)=O. The molecule has 0 aliphatic heterocycles. The van der Waals surface area contributed by atoms with E-state index in [4.69, 9.17) is 23.2 Å². The van der Waals surface area contributed by atoms with Crippen molar-refractivity contribution in [3.63, 3.8) is 0 Å². The molecular formula is C15H14Cl2N4O2S2. The Morgan fingerprint density at radius 2 is 2.00 bits per heavy atom. The molecule has 1 unspecified atom stereocenters. The molecule has 3 aromatic rings. The van der Waals surface area contributed by atoms with E-state index in [1.165, 1.54) is 17.5 Å². The molecule has 3 rings (SSSR count). The topological polar surface area (TPSA) is 87.7 Å². The highest BCUT2D eigenvalue weighted by Gasteiger charge is 2.24. The fourth-order valence-corrected chi connectivity index (χ4v) is 4.43. The lowest BCUT2D eigenvalue weighted by molar-refractivity contribution is 0.597. The molecule has 0 aliphatic carbocycles. The number of imidazole rings is 1. The number of hydrogen-bond acceptors (Lipinski definition) is 6. The van der Waals surface area contributed by atoms with E-state index >= 15 is 0 Å². The zero-order valence-electron chi connectivity index (χ0n) is 13.2. The zero-order valence-corrected chi connectivity index (χ0v) is 16.4. The van der Waals surface area contributed by atoms with Gasteiger partial charge in [0.1, 0.15) is 17.7 Å². The standard InChI is InChI=1S/C15H14Cl2N4O2S2/c1-8-15(25(2,22)23)21-14(19-8)13(10-4-5-11(17)24-10)20-12-6-3-9(16)7-18-12/h3-7,13H,1-2H3,(H,18,20)(H,19,21). The molecule has 3 heterocycles. The highest BCUT2D eigenvalue weighted by molar-refractivity contribution is 7.90. The van der Waals surface area contributed by atoms with Crippen molar-refractivity contribution < 1.29 is 8.42 Å². The van der Waals surface area contributed by atoms with Gasteiger partial charge in [0.2, 0.25) is 0 Å². The lowest BCUT2D eigenvalue weighted by atomic mass is 10.2. The van der Waals surface area contributed by atoms with Gasteiger partial charge in [-0.25, -0.2) is 18.4 Å². The molecule has 2 N–H and O–H groups in total. The Labute approximate surface area is 159 Å². The third-order valence-electron chi connectivity index (χ3n) is 3.38. The van der Waals surface area contributed by atoms with Crippen LogP contribution in [0.3, 0.4) is 0 Å². The van der Waals surface area contributed by atoms with Crippen molar-refractivity contribution in [2.24, 2.45) is 0 Å². The average molecular weight is 417 g/mol. The van der Waals surface area contributed by atoms with E-state index in [2.05, 4.69) is 20.3 Å². The van der Waals surface area contributed by atoms with Crippen LogP contribution in [0.1, 0.15) is 22.4 Å². The van der Waals surface area contributed by atoms with Gasteiger partial charge in [0.05, 0.1) is 15.1 Å². The fourth-order valence-electron chi connectivity index (χ4n) is 2.33. The van der Waals surface area contributed by atoms with Crippen molar-refractivity contribution in [3.8, 4) is 0 Å². The van der Waals surface area contributed by atoms with Crippen LogP contribution in [0.15, 0.2) is 35.5 Å². The molecule has 0 saturated carbocycles. The molecule has 0 amide bonds. The largest absolute Gasteiger partial charge is 0.356 e. The second kappa shape index (κ2) is 6.95. The maximum atomic E-state index is 11.9. The number of aryl methyl sites for hydroxylation is 1. The minimum absolute atomic E-state index is 0.0287. The van der Waals surface area contributed by atoms with E-state index in [-0.39, 0.29) is 5.03 Å². The first-order chi connectivity index (χ1) is 11.7. The Balaban J connectivity index is 2.04. The van der Waals surface area contributed by atoms with Crippen LogP contribution in [0.2, 0.25) is 9.36 Å². The number of thiophene rings is 1. The highest BCUT2D eigenvalue weighted by Crippen LogP contribution is 2.33. The molecular weight excluding hydrogens is 403 g/mol. The van der Waals surface area contributed by atoms with Gasteiger partial charge in [-0.1, -0.05) is 23.2 Å². The van der Waals surface area contributed by atoms with Gasteiger partial charge in [0, 0.05) is 17.3 Å². The number of H-pyrrole nitrogens is 1. The summed E-state index contributed by atoms with van der Waals surface area (Å²) in [5.41, 5.74) is 0.482. The van der Waals surface area contributed by atoms with Crippen LogP contribution in [0.5, 0.6) is 0 Å². The lowest BCUT2D eigenvalue weighted by Crippen LogP contribution is -2.14. The molecule has 25 heavy (non-hydrogen) atoms. The zero-order chi connectivity index (χ0) is 18.2. The first kappa shape index (κ1) is 18.2. The molecule has 0 saturated heterocycles. The normalized spacial score (nSPS) is 13.0. The number of aromatic amines is 1. The molecule has 0 spiro atoms. The second-order valence-corrected chi connectivity index (χ2v) is 9.52. The number of sulfone groups is 1. The Bertz CT molecular complexity index is 997. The predicted molar refractivity (Wildman–Crippen MR) is 100 cm³/mol. The number of nitrogens with one attached hydrogen (secondary N) is 2. The van der Waals surface area contributed by atoms with E-state index in [0.29, 0.717) is 26.7 Å². The van der Waals surface area contributed by atoms with Crippen LogP contribution in [0, 0.1) is 6.92 Å². The van der Waals surface area contributed by atoms with Crippen LogP contribution >= 0.6 is 34.5 Å². The van der Waals surface area contributed by atoms with E-state index in [9.17, 15) is 8.42 Å². The van der Waals surface area contributed by atoms with Crippen LogP contribution in [0.25, 0.3) is 0 Å². The predicted octanol–water partition coefficient (Wildman–Crippen LogP) is 4.09. The van der Waals surface area contributed by atoms with Gasteiger partial charge in [0.15, 0.2) is 14.9 Å². The van der Waals surface area contributed by atoms with E-state index in [0.717, 1.165) is 11.1 Å². The summed E-state index contributed by atoms with van der Waals surface area (Å²) in [5.74, 6) is 1.04. The molecule has 3 aromatic heterocycles. The summed E-state index contributed by atoms with van der Waals surface area (Å²) in [4.78, 5) is 12.4. The number of anilines is 1. The number of aromatic nitrogens is 3. The first-order valence-corrected chi connectivity index (χ1v) is 10.6. The quantitative estimate of drug-likeness (QED) is 0.653. The first-order valence-electron chi connectivity index (χ1n) is 7.14. The minimum atomic E-state index is -3.43. The fraction of sp³-hybridized carbons (Fsp3) is 0.200. The number of pyridine rings is 1. The second-order valence-electron chi connectivity index (χ2n) is 5.41.